The van der Waals surface area contributed by atoms with Crippen molar-refractivity contribution >= 4 is 11.7 Å². The maximum Gasteiger partial charge on any atom is 0.259 e. The fraction of sp³-hybridized carbons (Fsp3) is 0.333. The zero-order chi connectivity index (χ0) is 18.1. The number of rotatable bonds is 3. The van der Waals surface area contributed by atoms with Gasteiger partial charge in [-0.25, -0.2) is 9.97 Å². The summed E-state index contributed by atoms with van der Waals surface area (Å²) in [5, 5.41) is 3.88. The minimum Gasteiger partial charge on any atom is -0.361 e. The van der Waals surface area contributed by atoms with Gasteiger partial charge in [-0.05, 0) is 26.0 Å². The minimum atomic E-state index is -0.0170. The molecule has 0 bridgehead atoms. The second kappa shape index (κ2) is 6.62. The van der Waals surface area contributed by atoms with Crippen LogP contribution in [0.1, 0.15) is 21.8 Å². The van der Waals surface area contributed by atoms with Crippen LogP contribution in [-0.4, -0.2) is 56.7 Å². The summed E-state index contributed by atoms with van der Waals surface area (Å²) in [6, 6.07) is 5.88. The molecule has 8 heteroatoms. The molecule has 0 N–H and O–H groups in total. The van der Waals surface area contributed by atoms with Gasteiger partial charge in [-0.2, -0.15) is 0 Å². The Morgan fingerprint density at radius 3 is 2.38 bits per heavy atom. The predicted molar refractivity (Wildman–Crippen MR) is 95.5 cm³/mol. The van der Waals surface area contributed by atoms with E-state index in [0.717, 1.165) is 24.7 Å². The number of aromatic nitrogens is 4. The number of carbonyl (C=O) groups excluding carboxylic acids is 1. The van der Waals surface area contributed by atoms with Crippen molar-refractivity contribution in [2.45, 2.75) is 13.8 Å². The molecule has 4 heterocycles. The van der Waals surface area contributed by atoms with E-state index in [4.69, 9.17) is 4.52 Å². The molecule has 0 atom stereocenters. The van der Waals surface area contributed by atoms with E-state index < -0.39 is 0 Å². The zero-order valence-electron chi connectivity index (χ0n) is 14.8. The Morgan fingerprint density at radius 1 is 1.04 bits per heavy atom. The summed E-state index contributed by atoms with van der Waals surface area (Å²) in [6.45, 7) is 6.27. The van der Waals surface area contributed by atoms with Crippen molar-refractivity contribution in [1.29, 1.82) is 0 Å². The van der Waals surface area contributed by atoms with Gasteiger partial charge in [0.25, 0.3) is 5.91 Å². The summed E-state index contributed by atoms with van der Waals surface area (Å²) >= 11 is 0. The van der Waals surface area contributed by atoms with Gasteiger partial charge in [-0.15, -0.1) is 0 Å². The molecule has 1 aliphatic heterocycles. The average molecular weight is 352 g/mol. The molecule has 0 aromatic carbocycles. The lowest BCUT2D eigenvalue weighted by molar-refractivity contribution is 0.0744. The van der Waals surface area contributed by atoms with Gasteiger partial charge in [0.1, 0.15) is 29.3 Å². The molecular formula is C18H20N6O2. The zero-order valence-corrected chi connectivity index (χ0v) is 14.8. The molecule has 26 heavy (non-hydrogen) atoms. The largest absolute Gasteiger partial charge is 0.361 e. The Bertz CT molecular complexity index is 890. The molecule has 3 aromatic rings. The van der Waals surface area contributed by atoms with E-state index in [1.54, 1.807) is 20.2 Å². The Balaban J connectivity index is 1.46. The van der Waals surface area contributed by atoms with E-state index >= 15 is 0 Å². The smallest absolute Gasteiger partial charge is 0.259 e. The monoisotopic (exact) mass is 352 g/mol. The number of carbonyl (C=O) groups is 1. The molecular weight excluding hydrogens is 332 g/mol. The Hall–Kier alpha value is -3.16. The molecule has 1 saturated heterocycles. The molecule has 0 aliphatic carbocycles. The van der Waals surface area contributed by atoms with E-state index in [0.29, 0.717) is 30.1 Å². The van der Waals surface area contributed by atoms with Crippen molar-refractivity contribution in [3.8, 4) is 5.82 Å². The van der Waals surface area contributed by atoms with Gasteiger partial charge in [0.15, 0.2) is 0 Å². The Morgan fingerprint density at radius 2 is 1.73 bits per heavy atom. The van der Waals surface area contributed by atoms with Crippen molar-refractivity contribution in [3.63, 3.8) is 0 Å². The van der Waals surface area contributed by atoms with Crippen LogP contribution in [0.3, 0.4) is 0 Å². The summed E-state index contributed by atoms with van der Waals surface area (Å²) in [5.74, 6) is 2.25. The quantitative estimate of drug-likeness (QED) is 0.715. The van der Waals surface area contributed by atoms with Gasteiger partial charge in [0.05, 0.1) is 5.69 Å². The van der Waals surface area contributed by atoms with E-state index in [-0.39, 0.29) is 5.91 Å². The van der Waals surface area contributed by atoms with Crippen LogP contribution in [0.15, 0.2) is 41.4 Å². The lowest BCUT2D eigenvalue weighted by Crippen LogP contribution is -2.49. The van der Waals surface area contributed by atoms with Crippen LogP contribution in [0.4, 0.5) is 5.82 Å². The van der Waals surface area contributed by atoms with Crippen molar-refractivity contribution in [1.82, 2.24) is 24.6 Å². The number of piperazine rings is 1. The number of nitrogens with zero attached hydrogens (tertiary/aromatic N) is 6. The maximum atomic E-state index is 12.7. The van der Waals surface area contributed by atoms with Crippen LogP contribution in [-0.2, 0) is 0 Å². The third kappa shape index (κ3) is 2.94. The second-order valence-corrected chi connectivity index (χ2v) is 6.30. The van der Waals surface area contributed by atoms with E-state index in [1.165, 1.54) is 0 Å². The van der Waals surface area contributed by atoms with Crippen LogP contribution in [0, 0.1) is 13.8 Å². The molecule has 0 radical (unpaired) electrons. The summed E-state index contributed by atoms with van der Waals surface area (Å²) < 4.78 is 7.07. The standard InChI is InChI=1S/C18H20N6O2/c1-13-17(14(2)26-21-13)18(25)24-9-7-23(8-10-24)16-11-15(19-12-20-16)22-5-3-4-6-22/h3-6,11-12H,7-10H2,1-2H3. The summed E-state index contributed by atoms with van der Waals surface area (Å²) in [6.07, 6.45) is 5.48. The Labute approximate surface area is 151 Å². The number of aryl methyl sites for hydroxylation is 2. The van der Waals surface area contributed by atoms with Crippen LogP contribution < -0.4 is 4.90 Å². The topological polar surface area (TPSA) is 80.3 Å². The van der Waals surface area contributed by atoms with Crippen molar-refractivity contribution in [2.75, 3.05) is 31.1 Å². The van der Waals surface area contributed by atoms with Gasteiger partial charge in [-0.3, -0.25) is 4.79 Å². The highest BCUT2D eigenvalue weighted by Gasteiger charge is 2.27. The maximum absolute atomic E-state index is 12.7. The average Bonchev–Trinajstić information content (AvgIpc) is 3.32. The van der Waals surface area contributed by atoms with Crippen LogP contribution >= 0.6 is 0 Å². The fourth-order valence-corrected chi connectivity index (χ4v) is 3.22. The third-order valence-corrected chi connectivity index (χ3v) is 4.65. The van der Waals surface area contributed by atoms with Gasteiger partial charge in [-0.1, -0.05) is 5.16 Å². The Kier molecular flexibility index (Phi) is 4.16. The molecule has 1 amide bonds. The normalized spacial score (nSPS) is 14.7. The number of hydrogen-bond acceptors (Lipinski definition) is 6. The molecule has 134 valence electrons. The molecule has 3 aromatic heterocycles. The fourth-order valence-electron chi connectivity index (χ4n) is 3.22. The molecule has 1 aliphatic rings. The first-order chi connectivity index (χ1) is 12.6. The predicted octanol–water partition coefficient (Wildman–Crippen LogP) is 1.83. The van der Waals surface area contributed by atoms with Gasteiger partial charge in [0, 0.05) is 44.6 Å². The van der Waals surface area contributed by atoms with E-state index in [2.05, 4.69) is 20.0 Å². The second-order valence-electron chi connectivity index (χ2n) is 6.30. The molecule has 8 nitrogen and oxygen atoms in total. The first-order valence-corrected chi connectivity index (χ1v) is 8.56. The summed E-state index contributed by atoms with van der Waals surface area (Å²) in [7, 11) is 0. The molecule has 0 spiro atoms. The van der Waals surface area contributed by atoms with Gasteiger partial charge in [0.2, 0.25) is 0 Å². The highest BCUT2D eigenvalue weighted by molar-refractivity contribution is 5.96. The highest BCUT2D eigenvalue weighted by Crippen LogP contribution is 2.19. The number of hydrogen-bond donors (Lipinski definition) is 0. The first-order valence-electron chi connectivity index (χ1n) is 8.56. The van der Waals surface area contributed by atoms with Crippen LogP contribution in [0.5, 0.6) is 0 Å². The van der Waals surface area contributed by atoms with Crippen molar-refractivity contribution in [3.05, 3.63) is 53.9 Å². The molecule has 0 unspecified atom stereocenters. The minimum absolute atomic E-state index is 0.0170. The van der Waals surface area contributed by atoms with Crippen LogP contribution in [0.2, 0.25) is 0 Å². The van der Waals surface area contributed by atoms with Gasteiger partial charge >= 0.3 is 0 Å². The van der Waals surface area contributed by atoms with Crippen molar-refractivity contribution in [2.24, 2.45) is 0 Å². The number of amides is 1. The SMILES string of the molecule is Cc1noc(C)c1C(=O)N1CCN(c2cc(-n3cccc3)ncn2)CC1. The lowest BCUT2D eigenvalue weighted by Gasteiger charge is -2.35. The summed E-state index contributed by atoms with van der Waals surface area (Å²) in [5.41, 5.74) is 1.22. The van der Waals surface area contributed by atoms with Crippen LogP contribution in [0.25, 0.3) is 5.82 Å². The first kappa shape index (κ1) is 16.3. The highest BCUT2D eigenvalue weighted by atomic mass is 16.5. The third-order valence-electron chi connectivity index (χ3n) is 4.65. The molecule has 0 saturated carbocycles. The van der Waals surface area contributed by atoms with Gasteiger partial charge < -0.3 is 18.9 Å². The summed E-state index contributed by atoms with van der Waals surface area (Å²) in [4.78, 5) is 25.5. The molecule has 4 rings (SSSR count). The number of anilines is 1. The van der Waals surface area contributed by atoms with E-state index in [9.17, 15) is 4.79 Å². The molecule has 1 fully saturated rings. The van der Waals surface area contributed by atoms with E-state index in [1.807, 2.05) is 40.1 Å². The lowest BCUT2D eigenvalue weighted by atomic mass is 10.1. The van der Waals surface area contributed by atoms with Crippen molar-refractivity contribution < 1.29 is 9.32 Å².